The van der Waals surface area contributed by atoms with E-state index in [4.69, 9.17) is 12.2 Å². The van der Waals surface area contributed by atoms with E-state index < -0.39 is 5.91 Å². The third kappa shape index (κ3) is 3.12. The molecule has 0 radical (unpaired) electrons. The first-order valence-electron chi connectivity index (χ1n) is 9.44. The first-order chi connectivity index (χ1) is 14.5. The molecule has 3 heterocycles. The van der Waals surface area contributed by atoms with Gasteiger partial charge in [0.1, 0.15) is 0 Å². The Labute approximate surface area is 185 Å². The second-order valence-corrected chi connectivity index (χ2v) is 9.81. The quantitative estimate of drug-likeness (QED) is 0.208. The molecule has 5 nitrogen and oxygen atoms in total. The van der Waals surface area contributed by atoms with Crippen molar-refractivity contribution in [3.05, 3.63) is 81.8 Å². The summed E-state index contributed by atoms with van der Waals surface area (Å²) >= 11 is 4.96. The third-order valence-corrected chi connectivity index (χ3v) is 7.78. The fourth-order valence-electron chi connectivity index (χ4n) is 3.76. The van der Waals surface area contributed by atoms with Gasteiger partial charge in [0.15, 0.2) is 0 Å². The molecule has 0 atom stereocenters. The van der Waals surface area contributed by atoms with E-state index in [1.165, 1.54) is 32.0 Å². The van der Waals surface area contributed by atoms with E-state index in [-0.39, 0.29) is 31.1 Å². The van der Waals surface area contributed by atoms with E-state index in [0.29, 0.717) is 0 Å². The van der Waals surface area contributed by atoms with Gasteiger partial charge in [-0.05, 0) is 0 Å². The maximum atomic E-state index is 12.5. The molecule has 30 heavy (non-hydrogen) atoms. The van der Waals surface area contributed by atoms with Crippen molar-refractivity contribution in [2.45, 2.75) is 6.42 Å². The summed E-state index contributed by atoms with van der Waals surface area (Å²) in [5.41, 5.74) is 5.06. The molecule has 1 saturated heterocycles. The number of benzene rings is 2. The van der Waals surface area contributed by atoms with E-state index in [1.54, 1.807) is 13.1 Å². The van der Waals surface area contributed by atoms with E-state index in [2.05, 4.69) is 64.8 Å². The Morgan fingerprint density at radius 1 is 0.967 bits per heavy atom. The van der Waals surface area contributed by atoms with Crippen molar-refractivity contribution in [1.29, 1.82) is 0 Å². The van der Waals surface area contributed by atoms with Crippen molar-refractivity contribution in [3.63, 3.8) is 0 Å². The Bertz CT molecular complexity index is 1200. The molecule has 2 amide bonds. The van der Waals surface area contributed by atoms with Crippen LogP contribution in [0.3, 0.4) is 0 Å². The van der Waals surface area contributed by atoms with Crippen LogP contribution in [-0.4, -0.2) is 43.4 Å². The fraction of sp³-hybridized carbons (Fsp3) is 0.0870. The first kappa shape index (κ1) is 19.0. The van der Waals surface area contributed by atoms with E-state index in [1.807, 2.05) is 6.07 Å². The number of carbonyl (C=O) groups is 2. The summed E-state index contributed by atoms with van der Waals surface area (Å²) in [4.78, 5) is 28.4. The molecule has 0 spiro atoms. The average molecular weight is 478 g/mol. The van der Waals surface area contributed by atoms with Crippen LogP contribution in [0.5, 0.6) is 0 Å². The monoisotopic (exact) mass is 479 g/mol. The van der Waals surface area contributed by atoms with Crippen molar-refractivity contribution < 1.29 is 9.59 Å². The minimum absolute atomic E-state index is 0.0539. The van der Waals surface area contributed by atoms with Crippen LogP contribution in [0.1, 0.15) is 15.6 Å². The van der Waals surface area contributed by atoms with Crippen LogP contribution in [-0.2, 0) is 16.0 Å². The molecule has 3 aromatic rings. The van der Waals surface area contributed by atoms with Crippen LogP contribution in [0.25, 0.3) is 6.08 Å². The van der Waals surface area contributed by atoms with Gasteiger partial charge in [-0.25, -0.2) is 0 Å². The summed E-state index contributed by atoms with van der Waals surface area (Å²) < 4.78 is 2.14. The number of anilines is 3. The molecule has 0 saturated carbocycles. The predicted molar refractivity (Wildman–Crippen MR) is 122 cm³/mol. The number of fused-ring (bicyclic) bond motifs is 2. The Kier molecular flexibility index (Phi) is 4.66. The number of amides is 2. The van der Waals surface area contributed by atoms with Gasteiger partial charge in [-0.1, -0.05) is 0 Å². The number of nitrogens with one attached hydrogen (secondary N) is 1. The number of nitrogens with zero attached hydrogens (tertiary/aromatic N) is 2. The van der Waals surface area contributed by atoms with Crippen molar-refractivity contribution >= 4 is 65.7 Å². The van der Waals surface area contributed by atoms with Gasteiger partial charge in [-0.2, -0.15) is 0 Å². The Hall–Kier alpha value is -2.99. The van der Waals surface area contributed by atoms with E-state index in [9.17, 15) is 9.59 Å². The molecule has 0 bridgehead atoms. The van der Waals surface area contributed by atoms with Crippen LogP contribution in [0.4, 0.5) is 15.9 Å². The second-order valence-electron chi connectivity index (χ2n) is 7.13. The molecule has 2 aliphatic rings. The molecule has 1 fully saturated rings. The summed E-state index contributed by atoms with van der Waals surface area (Å²) in [6, 6.07) is 21.0. The molecule has 1 N–H and O–H groups in total. The molecular weight excluding hydrogens is 461 g/mol. The zero-order chi connectivity index (χ0) is 20.8. The summed E-state index contributed by atoms with van der Waals surface area (Å²) in [7, 11) is 1.57. The number of hydrogen-bond acceptors (Lipinski definition) is 4. The molecule has 1 aromatic heterocycles. The molecule has 7 heteroatoms. The standard InChI is InChI=1S/C23H17N3O2SSe/c1-25-22(28)17(21(27)24-23(25)29)13-16-10-11-20(30-16)26-18-8-4-2-6-14(18)12-15-7-3-5-9-19(15)26/h2-11,13H,12H2,1H3,(H,24,27,29)/b17-13+. The van der Waals surface area contributed by atoms with E-state index >= 15 is 0 Å². The molecule has 0 unspecified atom stereocenters. The molecule has 2 aliphatic heterocycles. The molecule has 5 rings (SSSR count). The van der Waals surface area contributed by atoms with Crippen LogP contribution in [0, 0.1) is 0 Å². The van der Waals surface area contributed by atoms with Crippen molar-refractivity contribution in [2.75, 3.05) is 11.9 Å². The fourth-order valence-corrected chi connectivity index (χ4v) is 5.99. The molecule has 148 valence electrons. The number of carbonyl (C=O) groups excluding carboxylic acids is 2. The Balaban J connectivity index is 1.56. The summed E-state index contributed by atoms with van der Waals surface area (Å²) in [6.07, 6.45) is 2.61. The van der Waals surface area contributed by atoms with Gasteiger partial charge in [0.25, 0.3) is 0 Å². The minimum atomic E-state index is -0.443. The van der Waals surface area contributed by atoms with Crippen LogP contribution in [0.2, 0.25) is 0 Å². The number of para-hydroxylation sites is 2. The van der Waals surface area contributed by atoms with Crippen molar-refractivity contribution in [3.8, 4) is 0 Å². The summed E-state index contributed by atoms with van der Waals surface area (Å²) in [6.45, 7) is 0. The topological polar surface area (TPSA) is 52.7 Å². The predicted octanol–water partition coefficient (Wildman–Crippen LogP) is 3.37. The van der Waals surface area contributed by atoms with Crippen LogP contribution < -0.4 is 10.2 Å². The van der Waals surface area contributed by atoms with Gasteiger partial charge in [0.05, 0.1) is 0 Å². The number of thiocarbonyl (C=S) groups is 1. The average Bonchev–Trinajstić information content (AvgIpc) is 3.21. The summed E-state index contributed by atoms with van der Waals surface area (Å²) in [5.74, 6) is -0.815. The summed E-state index contributed by atoms with van der Waals surface area (Å²) in [5, 5.41) is 2.70. The van der Waals surface area contributed by atoms with Gasteiger partial charge < -0.3 is 0 Å². The van der Waals surface area contributed by atoms with Gasteiger partial charge in [-0.15, -0.1) is 0 Å². The molecular formula is C23H17N3O2SSe. The zero-order valence-corrected chi connectivity index (χ0v) is 18.6. The normalized spacial score (nSPS) is 17.1. The van der Waals surface area contributed by atoms with Gasteiger partial charge >= 0.3 is 186 Å². The maximum absolute atomic E-state index is 12.5. The van der Waals surface area contributed by atoms with Crippen LogP contribution >= 0.6 is 12.2 Å². The second kappa shape index (κ2) is 7.36. The van der Waals surface area contributed by atoms with E-state index in [0.717, 1.165) is 10.9 Å². The molecule has 2 aromatic carbocycles. The number of hydrogen-bond donors (Lipinski definition) is 1. The van der Waals surface area contributed by atoms with Crippen molar-refractivity contribution in [1.82, 2.24) is 10.2 Å². The SMILES string of the molecule is CN1C(=O)/C(=C/c2ccc(N3c4ccccc4Cc4ccccc43)[se]2)C(=O)NC1=S. The number of rotatable bonds is 2. The molecule has 0 aliphatic carbocycles. The Morgan fingerprint density at radius 3 is 2.27 bits per heavy atom. The van der Waals surface area contributed by atoms with Crippen LogP contribution in [0.15, 0.2) is 66.2 Å². The van der Waals surface area contributed by atoms with Crippen molar-refractivity contribution in [2.24, 2.45) is 0 Å². The zero-order valence-electron chi connectivity index (χ0n) is 16.1. The number of likely N-dealkylation sites (N-methyl/N-ethyl adjacent to an activating group) is 1. The third-order valence-electron chi connectivity index (χ3n) is 5.27. The van der Waals surface area contributed by atoms with Gasteiger partial charge in [0.2, 0.25) is 0 Å². The van der Waals surface area contributed by atoms with Gasteiger partial charge in [0, 0.05) is 0 Å². The first-order valence-corrected chi connectivity index (χ1v) is 11.6. The Morgan fingerprint density at radius 2 is 1.60 bits per heavy atom. The van der Waals surface area contributed by atoms with Gasteiger partial charge in [-0.3, -0.25) is 0 Å².